The number of nitrogens with zero attached hydrogens (tertiary/aromatic N) is 4. The standard InChI is InChI=1S/C35H41N5O4/c1-23-16-17-27-25(11-6-10-24(2)41)12-7-14-28(27)31(23)43-32-29(15-8-19-36-32)30-18-20-37-33(39-30)38-26-13-9-21-40(22-26)34(42)44-35(3,4)5/h7-8,12,14-20,26H,6,9-11,13,21-22H2,1-5H3,(H,37,38,39)/t26-/m0/s1. The van der Waals surface area contributed by atoms with E-state index in [0.29, 0.717) is 37.0 Å². The van der Waals surface area contributed by atoms with E-state index < -0.39 is 5.60 Å². The van der Waals surface area contributed by atoms with Gasteiger partial charge in [-0.2, -0.15) is 0 Å². The number of Topliss-reactive ketones (excluding diaryl/α,β-unsaturated/α-hetero) is 1. The fourth-order valence-electron chi connectivity index (χ4n) is 5.50. The number of rotatable bonds is 9. The SMILES string of the molecule is CC(=O)CCCc1cccc2c(Oc3ncccc3-c3ccnc(N[C@H]4CCCN(C(=O)OC(C)(C)C)C4)n3)c(C)ccc12. The van der Waals surface area contributed by atoms with Crippen LogP contribution in [0.25, 0.3) is 22.0 Å². The van der Waals surface area contributed by atoms with Crippen LogP contribution in [-0.2, 0) is 16.0 Å². The highest BCUT2D eigenvalue weighted by Gasteiger charge is 2.28. The predicted molar refractivity (Wildman–Crippen MR) is 172 cm³/mol. The number of carbonyl (C=O) groups is 2. The van der Waals surface area contributed by atoms with Crippen LogP contribution in [0.5, 0.6) is 11.6 Å². The number of fused-ring (bicyclic) bond motifs is 1. The lowest BCUT2D eigenvalue weighted by Crippen LogP contribution is -2.47. The van der Waals surface area contributed by atoms with Gasteiger partial charge in [0.05, 0.1) is 11.3 Å². The van der Waals surface area contributed by atoms with Gasteiger partial charge >= 0.3 is 6.09 Å². The summed E-state index contributed by atoms with van der Waals surface area (Å²) in [7, 11) is 0. The first-order valence-electron chi connectivity index (χ1n) is 15.3. The zero-order valence-corrected chi connectivity index (χ0v) is 26.2. The fraction of sp³-hybridized carbons (Fsp3) is 0.400. The molecule has 1 aliphatic heterocycles. The Balaban J connectivity index is 1.37. The number of carbonyl (C=O) groups excluding carboxylic acids is 2. The summed E-state index contributed by atoms with van der Waals surface area (Å²) >= 11 is 0. The highest BCUT2D eigenvalue weighted by molar-refractivity contribution is 5.92. The van der Waals surface area contributed by atoms with Crippen molar-refractivity contribution in [2.24, 2.45) is 0 Å². The Morgan fingerprint density at radius 3 is 2.66 bits per heavy atom. The summed E-state index contributed by atoms with van der Waals surface area (Å²) in [5.74, 6) is 1.87. The maximum atomic E-state index is 12.6. The number of aryl methyl sites for hydroxylation is 2. The molecule has 3 heterocycles. The Labute approximate surface area is 259 Å². The van der Waals surface area contributed by atoms with Gasteiger partial charge in [0, 0.05) is 43.3 Å². The lowest BCUT2D eigenvalue weighted by atomic mass is 9.97. The summed E-state index contributed by atoms with van der Waals surface area (Å²) in [5, 5.41) is 5.52. The summed E-state index contributed by atoms with van der Waals surface area (Å²) in [5.41, 5.74) is 3.06. The van der Waals surface area contributed by atoms with Crippen molar-refractivity contribution in [2.75, 3.05) is 18.4 Å². The van der Waals surface area contributed by atoms with Gasteiger partial charge in [-0.1, -0.05) is 30.3 Å². The van der Waals surface area contributed by atoms with E-state index >= 15 is 0 Å². The van der Waals surface area contributed by atoms with Gasteiger partial charge in [-0.15, -0.1) is 0 Å². The number of pyridine rings is 1. The second-order valence-corrected chi connectivity index (χ2v) is 12.4. The number of likely N-dealkylation sites (tertiary alicyclic amines) is 1. The summed E-state index contributed by atoms with van der Waals surface area (Å²) in [4.78, 5) is 39.7. The van der Waals surface area contributed by atoms with Crippen LogP contribution in [0, 0.1) is 6.92 Å². The van der Waals surface area contributed by atoms with Crippen molar-refractivity contribution < 1.29 is 19.1 Å². The van der Waals surface area contributed by atoms with Crippen molar-refractivity contribution in [1.82, 2.24) is 19.9 Å². The highest BCUT2D eigenvalue weighted by Crippen LogP contribution is 2.37. The van der Waals surface area contributed by atoms with E-state index in [4.69, 9.17) is 14.5 Å². The Morgan fingerprint density at radius 1 is 1.02 bits per heavy atom. The minimum Gasteiger partial charge on any atom is -0.444 e. The lowest BCUT2D eigenvalue weighted by Gasteiger charge is -2.34. The number of piperidine rings is 1. The second-order valence-electron chi connectivity index (χ2n) is 12.4. The molecular formula is C35H41N5O4. The number of ether oxygens (including phenoxy) is 2. The highest BCUT2D eigenvalue weighted by atomic mass is 16.6. The maximum absolute atomic E-state index is 12.6. The van der Waals surface area contributed by atoms with Crippen molar-refractivity contribution in [3.8, 4) is 22.9 Å². The van der Waals surface area contributed by atoms with Gasteiger partial charge < -0.3 is 24.5 Å². The van der Waals surface area contributed by atoms with Gasteiger partial charge in [0.1, 0.15) is 17.1 Å². The molecule has 2 aromatic carbocycles. The molecule has 0 bridgehead atoms. The van der Waals surface area contributed by atoms with Crippen LogP contribution < -0.4 is 10.1 Å². The van der Waals surface area contributed by atoms with Gasteiger partial charge in [0.25, 0.3) is 0 Å². The number of hydrogen-bond acceptors (Lipinski definition) is 8. The largest absolute Gasteiger partial charge is 0.444 e. The summed E-state index contributed by atoms with van der Waals surface area (Å²) in [6.07, 6.45) is 7.08. The smallest absolute Gasteiger partial charge is 0.410 e. The van der Waals surface area contributed by atoms with Crippen molar-refractivity contribution in [1.29, 1.82) is 0 Å². The number of nitrogens with one attached hydrogen (secondary N) is 1. The second kappa shape index (κ2) is 13.4. The van der Waals surface area contributed by atoms with Crippen LogP contribution in [0.1, 0.15) is 64.5 Å². The molecule has 2 aromatic heterocycles. The van der Waals surface area contributed by atoms with Crippen molar-refractivity contribution >= 4 is 28.6 Å². The quantitative estimate of drug-likeness (QED) is 0.212. The first-order valence-corrected chi connectivity index (χ1v) is 15.3. The van der Waals surface area contributed by atoms with Gasteiger partial charge in [-0.25, -0.2) is 19.7 Å². The van der Waals surface area contributed by atoms with Crippen molar-refractivity contribution in [3.05, 3.63) is 72.1 Å². The normalized spacial score (nSPS) is 15.2. The number of hydrogen-bond donors (Lipinski definition) is 1. The zero-order valence-electron chi connectivity index (χ0n) is 26.2. The molecule has 9 heteroatoms. The molecule has 4 aromatic rings. The number of aromatic nitrogens is 3. The molecule has 1 amide bonds. The number of amides is 1. The Kier molecular flexibility index (Phi) is 9.42. The van der Waals surface area contributed by atoms with Gasteiger partial charge in [-0.3, -0.25) is 0 Å². The Bertz CT molecular complexity index is 1650. The predicted octanol–water partition coefficient (Wildman–Crippen LogP) is 7.52. The molecule has 1 aliphatic rings. The van der Waals surface area contributed by atoms with E-state index in [1.807, 2.05) is 52.0 Å². The molecule has 44 heavy (non-hydrogen) atoms. The third-order valence-electron chi connectivity index (χ3n) is 7.58. The third-order valence-corrected chi connectivity index (χ3v) is 7.58. The summed E-state index contributed by atoms with van der Waals surface area (Å²) in [6.45, 7) is 10.5. The van der Waals surface area contributed by atoms with Crippen molar-refractivity contribution in [2.45, 2.75) is 78.4 Å². The van der Waals surface area contributed by atoms with E-state index in [9.17, 15) is 9.59 Å². The minimum absolute atomic E-state index is 0.000822. The van der Waals surface area contributed by atoms with Crippen LogP contribution in [0.3, 0.4) is 0 Å². The molecule has 5 rings (SSSR count). The van der Waals surface area contributed by atoms with Crippen LogP contribution in [0.2, 0.25) is 0 Å². The van der Waals surface area contributed by atoms with Gasteiger partial charge in [0.2, 0.25) is 11.8 Å². The molecule has 9 nitrogen and oxygen atoms in total. The zero-order chi connectivity index (χ0) is 31.3. The molecule has 1 N–H and O–H groups in total. The van der Waals surface area contributed by atoms with Crippen LogP contribution in [-0.4, -0.2) is 56.5 Å². The van der Waals surface area contributed by atoms with Crippen molar-refractivity contribution in [3.63, 3.8) is 0 Å². The third kappa shape index (κ3) is 7.70. The minimum atomic E-state index is -0.540. The first kappa shape index (κ1) is 30.9. The van der Waals surface area contributed by atoms with E-state index in [1.165, 1.54) is 5.56 Å². The molecule has 0 spiro atoms. The van der Waals surface area contributed by atoms with Crippen LogP contribution in [0.15, 0.2) is 60.9 Å². The average molecular weight is 596 g/mol. The number of benzene rings is 2. The average Bonchev–Trinajstić information content (AvgIpc) is 2.98. The maximum Gasteiger partial charge on any atom is 0.410 e. The van der Waals surface area contributed by atoms with Crippen LogP contribution in [0.4, 0.5) is 10.7 Å². The summed E-state index contributed by atoms with van der Waals surface area (Å²) < 4.78 is 12.1. The molecule has 0 saturated carbocycles. The number of anilines is 1. The molecule has 1 fully saturated rings. The van der Waals surface area contributed by atoms with E-state index in [2.05, 4.69) is 39.6 Å². The monoisotopic (exact) mass is 595 g/mol. The van der Waals surface area contributed by atoms with E-state index in [0.717, 1.165) is 53.3 Å². The Hall–Kier alpha value is -4.53. The molecule has 0 aliphatic carbocycles. The van der Waals surface area contributed by atoms with Gasteiger partial charge in [-0.05, 0) is 95.0 Å². The molecule has 230 valence electrons. The molecular weight excluding hydrogens is 554 g/mol. The molecule has 1 atom stereocenters. The first-order chi connectivity index (χ1) is 21.1. The fourth-order valence-corrected chi connectivity index (χ4v) is 5.50. The Morgan fingerprint density at radius 2 is 1.86 bits per heavy atom. The number of ketones is 1. The topological polar surface area (TPSA) is 107 Å². The molecule has 1 saturated heterocycles. The molecule has 0 radical (unpaired) electrons. The van der Waals surface area contributed by atoms with E-state index in [-0.39, 0.29) is 17.9 Å². The molecule has 0 unspecified atom stereocenters. The van der Waals surface area contributed by atoms with Gasteiger partial charge in [0.15, 0.2) is 0 Å². The lowest BCUT2D eigenvalue weighted by molar-refractivity contribution is -0.117. The van der Waals surface area contributed by atoms with Crippen LogP contribution >= 0.6 is 0 Å². The summed E-state index contributed by atoms with van der Waals surface area (Å²) in [6, 6.07) is 16.0. The van der Waals surface area contributed by atoms with E-state index in [1.54, 1.807) is 24.2 Å².